The van der Waals surface area contributed by atoms with E-state index in [1.807, 2.05) is 18.2 Å². The Balaban J connectivity index is 1.06. The molecule has 2 aliphatic heterocycles. The van der Waals surface area contributed by atoms with E-state index in [0.29, 0.717) is 16.9 Å². The summed E-state index contributed by atoms with van der Waals surface area (Å²) in [5, 5.41) is 4.02. The molecule has 0 saturated heterocycles. The van der Waals surface area contributed by atoms with Gasteiger partial charge in [-0.05, 0) is 202 Å². The van der Waals surface area contributed by atoms with Gasteiger partial charge in [0.25, 0.3) is 6.71 Å². The van der Waals surface area contributed by atoms with Gasteiger partial charge in [-0.25, -0.2) is 0 Å². The standard InChI is InChI=1S/C104H93BN4O/c1-100(2,3)70-44-49-88-82(57-70)83-58-71(101(4,5)6)45-50-89(83)106(88)75-46-48-85-91(61-75)109(99-80(65-33-21-17-22-34-65)59-74(104(13,14)15)60-81(99)66-35-23-18-24-36-66)94-63-76(107-86-40-28-25-37-77(86)78-38-26-29-41-87(78)107)62-93-98(94)105(85)84-47-43-67(68-51-72(102(7,8)9)56-73(52-68)103(10,11)12)53-90(84)108(93)92-54-69(64-31-19-16-20-32-64)55-96-97(92)79-39-27-30-42-95(79)110-96/h16-63H,1-15H3/i25D,26D,28D,29D,37D,38D,40D,41D. The summed E-state index contributed by atoms with van der Waals surface area (Å²) < 4.78 is 89.8. The average molecular weight is 1430 g/mol. The Bertz CT molecular complexity index is 6880. The summed E-state index contributed by atoms with van der Waals surface area (Å²) in [6, 6.07) is 84.9. The first-order valence-corrected chi connectivity index (χ1v) is 38.7. The number of nitrogens with zero attached hydrogens (tertiary/aromatic N) is 4. The second-order valence-electron chi connectivity index (χ2n) is 35.6. The molecule has 3 aromatic heterocycles. The Kier molecular flexibility index (Phi) is 13.6. The van der Waals surface area contributed by atoms with Crippen molar-refractivity contribution in [3.05, 3.63) is 319 Å². The predicted octanol–water partition coefficient (Wildman–Crippen LogP) is 27.0. The lowest BCUT2D eigenvalue weighted by atomic mass is 9.33. The van der Waals surface area contributed by atoms with Crippen LogP contribution in [0.25, 0.3) is 121 Å². The minimum atomic E-state index is -0.552. The fourth-order valence-corrected chi connectivity index (χ4v) is 17.3. The Morgan fingerprint density at radius 2 is 0.736 bits per heavy atom. The van der Waals surface area contributed by atoms with E-state index in [9.17, 15) is 11.0 Å². The van der Waals surface area contributed by atoms with Crippen molar-refractivity contribution >= 4 is 123 Å². The molecule has 2 aliphatic rings. The van der Waals surface area contributed by atoms with Crippen LogP contribution in [0, 0.1) is 0 Å². The number of hydrogen-bond acceptors (Lipinski definition) is 3. The van der Waals surface area contributed by atoms with E-state index >= 15 is 0 Å². The number of aromatic nitrogens is 2. The average Bonchev–Trinajstić information content (AvgIpc) is 1.09. The number of hydrogen-bond donors (Lipinski definition) is 0. The lowest BCUT2D eigenvalue weighted by Gasteiger charge is -2.45. The molecule has 0 saturated carbocycles. The molecule has 0 fully saturated rings. The monoisotopic (exact) mass is 1430 g/mol. The molecule has 0 radical (unpaired) electrons. The predicted molar refractivity (Wildman–Crippen MR) is 472 cm³/mol. The first-order chi connectivity index (χ1) is 56.0. The Hall–Kier alpha value is -11.9. The molecule has 17 aromatic rings. The molecule has 14 aromatic carbocycles. The maximum absolute atomic E-state index is 10.3. The Morgan fingerprint density at radius 3 is 1.28 bits per heavy atom. The molecule has 0 N–H and O–H groups in total. The lowest BCUT2D eigenvalue weighted by Crippen LogP contribution is -2.61. The molecule has 0 bridgehead atoms. The summed E-state index contributed by atoms with van der Waals surface area (Å²) in [5.74, 6) is 0. The maximum atomic E-state index is 10.3. The van der Waals surface area contributed by atoms with Crippen molar-refractivity contribution in [3.8, 4) is 55.9 Å². The summed E-state index contributed by atoms with van der Waals surface area (Å²) in [4.78, 5) is 4.89. The van der Waals surface area contributed by atoms with Gasteiger partial charge < -0.3 is 23.4 Å². The molecule has 0 amide bonds. The summed E-state index contributed by atoms with van der Waals surface area (Å²) in [6.45, 7) is 33.6. The van der Waals surface area contributed by atoms with Crippen LogP contribution in [0.1, 0.15) is 143 Å². The second-order valence-corrected chi connectivity index (χ2v) is 35.6. The number of furan rings is 1. The van der Waals surface area contributed by atoms with Crippen molar-refractivity contribution < 1.29 is 15.4 Å². The van der Waals surface area contributed by atoms with Crippen molar-refractivity contribution in [1.29, 1.82) is 0 Å². The molecular weight excluding hydrogens is 1330 g/mol. The van der Waals surface area contributed by atoms with Crippen molar-refractivity contribution in [2.24, 2.45) is 0 Å². The molecule has 0 unspecified atom stereocenters. The maximum Gasteiger partial charge on any atom is 0.252 e. The van der Waals surface area contributed by atoms with Gasteiger partial charge in [0, 0.05) is 66.5 Å². The zero-order chi connectivity index (χ0) is 82.8. The Morgan fingerprint density at radius 1 is 0.291 bits per heavy atom. The molecule has 6 heteroatoms. The van der Waals surface area contributed by atoms with E-state index in [2.05, 4.69) is 343 Å². The summed E-state index contributed by atoms with van der Waals surface area (Å²) in [5.41, 5.74) is 25.3. The van der Waals surface area contributed by atoms with Gasteiger partial charge in [0.1, 0.15) is 11.2 Å². The third-order valence-corrected chi connectivity index (χ3v) is 23.3. The van der Waals surface area contributed by atoms with Crippen LogP contribution < -0.4 is 26.2 Å². The smallest absolute Gasteiger partial charge is 0.252 e. The minimum absolute atomic E-state index is 0.00884. The molecular formula is C104H93BN4O. The van der Waals surface area contributed by atoms with E-state index in [1.54, 1.807) is 4.57 Å². The van der Waals surface area contributed by atoms with Crippen LogP contribution in [0.2, 0.25) is 0 Å². The van der Waals surface area contributed by atoms with Crippen LogP contribution >= 0.6 is 0 Å². The topological polar surface area (TPSA) is 29.5 Å². The zero-order valence-corrected chi connectivity index (χ0v) is 65.4. The fraction of sp³-hybridized carbons (Fsp3) is 0.192. The number of rotatable bonds is 8. The van der Waals surface area contributed by atoms with Crippen molar-refractivity contribution in [3.63, 3.8) is 0 Å². The van der Waals surface area contributed by atoms with E-state index in [-0.39, 0.29) is 48.9 Å². The van der Waals surface area contributed by atoms with Crippen LogP contribution in [-0.4, -0.2) is 15.8 Å². The van der Waals surface area contributed by atoms with Gasteiger partial charge in [0.2, 0.25) is 0 Å². The lowest BCUT2D eigenvalue weighted by molar-refractivity contribution is 0.569. The number of para-hydroxylation sites is 3. The number of fused-ring (bicyclic) bond motifs is 13. The molecule has 0 aliphatic carbocycles. The van der Waals surface area contributed by atoms with E-state index < -0.39 is 55.1 Å². The molecule has 0 atom stereocenters. The van der Waals surface area contributed by atoms with Gasteiger partial charge in [-0.3, -0.25) is 0 Å². The zero-order valence-electron chi connectivity index (χ0n) is 73.4. The molecule has 538 valence electrons. The van der Waals surface area contributed by atoms with Gasteiger partial charge in [-0.15, -0.1) is 0 Å². The van der Waals surface area contributed by atoms with Gasteiger partial charge >= 0.3 is 0 Å². The van der Waals surface area contributed by atoms with Crippen LogP contribution in [0.5, 0.6) is 0 Å². The van der Waals surface area contributed by atoms with Crippen molar-refractivity contribution in [1.82, 2.24) is 9.13 Å². The van der Waals surface area contributed by atoms with Gasteiger partial charge in [0.05, 0.1) is 55.5 Å². The Labute approximate surface area is 659 Å². The normalized spacial score (nSPS) is 14.4. The highest BCUT2D eigenvalue weighted by Crippen LogP contribution is 2.55. The van der Waals surface area contributed by atoms with Gasteiger partial charge in [0.15, 0.2) is 0 Å². The van der Waals surface area contributed by atoms with E-state index in [0.717, 1.165) is 139 Å². The van der Waals surface area contributed by atoms with Crippen LogP contribution in [0.15, 0.2) is 295 Å². The SMILES string of the molecule is [2H]c1c([2H])c([2H])c2c(c1[2H])c1c([2H])c([2H])c([2H])c([2H])c1n2-c1cc2c3c(c1)N(c1cc(-c4ccccc4)cc4oc5ccccc5c14)c1cc(-c4cc(C(C)(C)C)cc(C(C)(C)C)c4)ccc1B3c1ccc(-n3c4ccc(C(C)(C)C)cc4c4cc(C(C)(C)C)ccc43)cc1N2c1c(-c2ccccc2)cc(C(C)(C)C)cc1-c1ccccc1. The van der Waals surface area contributed by atoms with Crippen LogP contribution in [-0.2, 0) is 27.1 Å². The molecule has 5 nitrogen and oxygen atoms in total. The molecule has 5 heterocycles. The first-order valence-electron chi connectivity index (χ1n) is 42.7. The fourth-order valence-electron chi connectivity index (χ4n) is 17.3. The molecule has 19 rings (SSSR count). The first kappa shape index (κ1) is 60.1. The van der Waals surface area contributed by atoms with Crippen LogP contribution in [0.3, 0.4) is 0 Å². The van der Waals surface area contributed by atoms with Gasteiger partial charge in [-0.2, -0.15) is 0 Å². The third kappa shape index (κ3) is 11.2. The van der Waals surface area contributed by atoms with Crippen molar-refractivity contribution in [2.45, 2.75) is 131 Å². The second kappa shape index (κ2) is 24.8. The summed E-state index contributed by atoms with van der Waals surface area (Å²) in [6.07, 6.45) is 0. The van der Waals surface area contributed by atoms with Crippen molar-refractivity contribution in [2.75, 3.05) is 9.80 Å². The summed E-state index contributed by atoms with van der Waals surface area (Å²) in [7, 11) is 0. The summed E-state index contributed by atoms with van der Waals surface area (Å²) >= 11 is 0. The van der Waals surface area contributed by atoms with E-state index in [4.69, 9.17) is 4.42 Å². The third-order valence-electron chi connectivity index (χ3n) is 23.3. The highest BCUT2D eigenvalue weighted by atomic mass is 16.3. The van der Waals surface area contributed by atoms with Gasteiger partial charge in [-0.1, -0.05) is 298 Å². The quantitative estimate of drug-likeness (QED) is 0.142. The number of anilines is 6. The minimum Gasteiger partial charge on any atom is -0.456 e. The van der Waals surface area contributed by atoms with E-state index in [1.165, 1.54) is 22.3 Å². The molecule has 0 spiro atoms. The van der Waals surface area contributed by atoms with Crippen LogP contribution in [0.4, 0.5) is 34.1 Å². The molecule has 110 heavy (non-hydrogen) atoms. The largest absolute Gasteiger partial charge is 0.456 e. The highest BCUT2D eigenvalue weighted by Gasteiger charge is 2.46. The number of benzene rings is 14. The highest BCUT2D eigenvalue weighted by molar-refractivity contribution is 7.00.